The summed E-state index contributed by atoms with van der Waals surface area (Å²) in [4.78, 5) is 12.3. The Labute approximate surface area is 125 Å². The van der Waals surface area contributed by atoms with Crippen molar-refractivity contribution in [3.05, 3.63) is 50.9 Å². The molecule has 2 rings (SSSR count). The number of aromatic nitrogens is 2. The van der Waals surface area contributed by atoms with Crippen molar-refractivity contribution in [2.24, 2.45) is 0 Å². The third-order valence-electron chi connectivity index (χ3n) is 2.69. The summed E-state index contributed by atoms with van der Waals surface area (Å²) in [5.74, 6) is -0.140. The molecule has 98 valence electrons. The largest absolute Gasteiger partial charge is 0.321 e. The van der Waals surface area contributed by atoms with E-state index in [1.54, 1.807) is 6.07 Å². The lowest BCUT2D eigenvalue weighted by atomic mass is 10.1. The molecule has 0 saturated heterocycles. The van der Waals surface area contributed by atoms with Crippen LogP contribution in [0, 0.1) is 10.5 Å². The second kappa shape index (κ2) is 6.10. The Morgan fingerprint density at radius 3 is 2.74 bits per heavy atom. The highest BCUT2D eigenvalue weighted by molar-refractivity contribution is 14.1. The zero-order chi connectivity index (χ0) is 13.8. The fourth-order valence-electron chi connectivity index (χ4n) is 1.72. The van der Waals surface area contributed by atoms with Gasteiger partial charge in [-0.2, -0.15) is 10.2 Å². The van der Waals surface area contributed by atoms with E-state index in [4.69, 9.17) is 0 Å². The number of benzene rings is 1. The third-order valence-corrected chi connectivity index (χ3v) is 3.63. The maximum absolute atomic E-state index is 12.3. The molecule has 0 atom stereocenters. The van der Waals surface area contributed by atoms with Gasteiger partial charge >= 0.3 is 0 Å². The molecule has 0 aliphatic heterocycles. The lowest BCUT2D eigenvalue weighted by molar-refractivity contribution is 0.102. The van der Waals surface area contributed by atoms with E-state index >= 15 is 0 Å². The van der Waals surface area contributed by atoms with Crippen LogP contribution in [-0.4, -0.2) is 16.1 Å². The van der Waals surface area contributed by atoms with E-state index in [2.05, 4.69) is 38.1 Å². The molecular formula is C14H14IN3O. The van der Waals surface area contributed by atoms with Gasteiger partial charge in [0.1, 0.15) is 0 Å². The second-order valence-electron chi connectivity index (χ2n) is 4.13. The molecule has 5 heteroatoms. The minimum Gasteiger partial charge on any atom is -0.321 e. The molecule has 0 saturated carbocycles. The monoisotopic (exact) mass is 367 g/mol. The van der Waals surface area contributed by atoms with Crippen LogP contribution in [0.15, 0.2) is 30.3 Å². The number of carbonyl (C=O) groups excluding carboxylic acids is 1. The zero-order valence-electron chi connectivity index (χ0n) is 10.8. The number of nitrogens with one attached hydrogen (secondary N) is 1. The molecule has 0 bridgehead atoms. The van der Waals surface area contributed by atoms with Crippen LogP contribution in [0.1, 0.15) is 28.7 Å². The van der Waals surface area contributed by atoms with Gasteiger partial charge in [0.15, 0.2) is 0 Å². The first kappa shape index (κ1) is 13.9. The van der Waals surface area contributed by atoms with Crippen LogP contribution < -0.4 is 5.32 Å². The Balaban J connectivity index is 2.30. The van der Waals surface area contributed by atoms with Gasteiger partial charge in [0, 0.05) is 3.57 Å². The second-order valence-corrected chi connectivity index (χ2v) is 5.30. The van der Waals surface area contributed by atoms with E-state index in [-0.39, 0.29) is 5.91 Å². The molecule has 0 radical (unpaired) electrons. The molecule has 1 aromatic heterocycles. The van der Waals surface area contributed by atoms with Gasteiger partial charge in [-0.3, -0.25) is 4.79 Å². The van der Waals surface area contributed by atoms with Crippen molar-refractivity contribution in [3.8, 4) is 0 Å². The number of hydrogen-bond acceptors (Lipinski definition) is 3. The Morgan fingerprint density at radius 1 is 1.32 bits per heavy atom. The van der Waals surface area contributed by atoms with Crippen molar-refractivity contribution in [1.29, 1.82) is 0 Å². The van der Waals surface area contributed by atoms with Gasteiger partial charge in [0.2, 0.25) is 0 Å². The lowest BCUT2D eigenvalue weighted by Crippen LogP contribution is -2.16. The van der Waals surface area contributed by atoms with Crippen LogP contribution in [0.5, 0.6) is 0 Å². The van der Waals surface area contributed by atoms with Crippen LogP contribution in [0.2, 0.25) is 0 Å². The van der Waals surface area contributed by atoms with E-state index in [1.807, 2.05) is 38.1 Å². The van der Waals surface area contributed by atoms with E-state index in [1.165, 1.54) is 0 Å². The molecule has 0 fully saturated rings. The molecule has 1 N–H and O–H groups in total. The fraction of sp³-hybridized carbons (Fsp3) is 0.214. The average molecular weight is 367 g/mol. The number of amides is 1. The van der Waals surface area contributed by atoms with Crippen LogP contribution in [-0.2, 0) is 6.42 Å². The van der Waals surface area contributed by atoms with Crippen molar-refractivity contribution >= 4 is 34.2 Å². The Hall–Kier alpha value is -1.50. The summed E-state index contributed by atoms with van der Waals surface area (Å²) in [6, 6.07) is 9.44. The van der Waals surface area contributed by atoms with Crippen molar-refractivity contribution in [1.82, 2.24) is 10.2 Å². The minimum absolute atomic E-state index is 0.140. The molecule has 0 unspecified atom stereocenters. The highest BCUT2D eigenvalue weighted by atomic mass is 127. The number of hydrogen-bond donors (Lipinski definition) is 1. The molecule has 0 aliphatic carbocycles. The standard InChI is InChI=1S/C14H14IN3O/c1-3-12-10(8-9(2)17-18-12)14(19)16-13-7-5-4-6-11(13)15/h4-8H,3H2,1-2H3,(H,16,19). The number of carbonyl (C=O) groups is 1. The smallest absolute Gasteiger partial charge is 0.257 e. The van der Waals surface area contributed by atoms with Gasteiger partial charge < -0.3 is 5.32 Å². The average Bonchev–Trinajstić information content (AvgIpc) is 2.41. The van der Waals surface area contributed by atoms with Gasteiger partial charge in [-0.25, -0.2) is 0 Å². The Kier molecular flexibility index (Phi) is 4.47. The fourth-order valence-corrected chi connectivity index (χ4v) is 2.25. The quantitative estimate of drug-likeness (QED) is 0.848. The summed E-state index contributed by atoms with van der Waals surface area (Å²) in [6.45, 7) is 3.79. The molecule has 1 aromatic carbocycles. The molecule has 4 nitrogen and oxygen atoms in total. The Morgan fingerprint density at radius 2 is 2.05 bits per heavy atom. The van der Waals surface area contributed by atoms with Crippen LogP contribution in [0.4, 0.5) is 5.69 Å². The topological polar surface area (TPSA) is 54.9 Å². The van der Waals surface area contributed by atoms with Crippen molar-refractivity contribution < 1.29 is 4.79 Å². The first-order valence-corrected chi connectivity index (χ1v) is 7.08. The lowest BCUT2D eigenvalue weighted by Gasteiger charge is -2.09. The first-order valence-electron chi connectivity index (χ1n) is 6.01. The number of halogens is 1. The number of aryl methyl sites for hydroxylation is 2. The highest BCUT2D eigenvalue weighted by Crippen LogP contribution is 2.18. The summed E-state index contributed by atoms with van der Waals surface area (Å²) >= 11 is 2.20. The van der Waals surface area contributed by atoms with Gasteiger partial charge in [-0.05, 0) is 54.1 Å². The molecular weight excluding hydrogens is 353 g/mol. The zero-order valence-corrected chi connectivity index (χ0v) is 12.9. The summed E-state index contributed by atoms with van der Waals surface area (Å²) in [5, 5.41) is 11.0. The van der Waals surface area contributed by atoms with Gasteiger partial charge in [0.25, 0.3) is 5.91 Å². The Bertz CT molecular complexity index is 613. The summed E-state index contributed by atoms with van der Waals surface area (Å²) in [7, 11) is 0. The maximum atomic E-state index is 12.3. The van der Waals surface area contributed by atoms with E-state index in [0.29, 0.717) is 17.7 Å². The van der Waals surface area contributed by atoms with Crippen LogP contribution >= 0.6 is 22.6 Å². The summed E-state index contributed by atoms with van der Waals surface area (Å²) < 4.78 is 1.00. The van der Waals surface area contributed by atoms with Crippen LogP contribution in [0.3, 0.4) is 0 Å². The van der Waals surface area contributed by atoms with Gasteiger partial charge in [0.05, 0.1) is 22.6 Å². The van der Waals surface area contributed by atoms with Crippen molar-refractivity contribution in [2.75, 3.05) is 5.32 Å². The van der Waals surface area contributed by atoms with Crippen molar-refractivity contribution in [3.63, 3.8) is 0 Å². The molecule has 1 heterocycles. The maximum Gasteiger partial charge on any atom is 0.257 e. The molecule has 19 heavy (non-hydrogen) atoms. The van der Waals surface area contributed by atoms with Crippen LogP contribution in [0.25, 0.3) is 0 Å². The first-order chi connectivity index (χ1) is 9.11. The van der Waals surface area contributed by atoms with E-state index < -0.39 is 0 Å². The van der Waals surface area contributed by atoms with Crippen molar-refractivity contribution in [2.45, 2.75) is 20.3 Å². The highest BCUT2D eigenvalue weighted by Gasteiger charge is 2.13. The minimum atomic E-state index is -0.140. The molecule has 1 amide bonds. The predicted octanol–water partition coefficient (Wildman–Crippen LogP) is 3.20. The summed E-state index contributed by atoms with van der Waals surface area (Å²) in [5.41, 5.74) is 2.86. The molecule has 2 aromatic rings. The number of para-hydroxylation sites is 1. The van der Waals surface area contributed by atoms with Gasteiger partial charge in [-0.15, -0.1) is 0 Å². The SMILES string of the molecule is CCc1nnc(C)cc1C(=O)Nc1ccccc1I. The molecule has 0 aliphatic rings. The summed E-state index contributed by atoms with van der Waals surface area (Å²) in [6.07, 6.45) is 0.682. The number of rotatable bonds is 3. The third kappa shape index (κ3) is 3.28. The number of anilines is 1. The predicted molar refractivity (Wildman–Crippen MR) is 83.3 cm³/mol. The normalized spacial score (nSPS) is 10.3. The number of nitrogens with zero attached hydrogens (tertiary/aromatic N) is 2. The van der Waals surface area contributed by atoms with E-state index in [9.17, 15) is 4.79 Å². The molecule has 0 spiro atoms. The van der Waals surface area contributed by atoms with Gasteiger partial charge in [-0.1, -0.05) is 19.1 Å². The van der Waals surface area contributed by atoms with E-state index in [0.717, 1.165) is 15.0 Å².